The Bertz CT molecular complexity index is 2030. The van der Waals surface area contributed by atoms with Crippen LogP contribution < -0.4 is 32.0 Å². The number of methoxy groups -OCH3 is 1. The van der Waals surface area contributed by atoms with Crippen LogP contribution in [0.5, 0.6) is 5.88 Å². The minimum Gasteiger partial charge on any atom is -0.481 e. The van der Waals surface area contributed by atoms with Crippen LogP contribution in [0.1, 0.15) is 30.9 Å². The summed E-state index contributed by atoms with van der Waals surface area (Å²) in [7, 11) is 1.59. The van der Waals surface area contributed by atoms with Crippen molar-refractivity contribution >= 4 is 34.8 Å². The van der Waals surface area contributed by atoms with E-state index in [0.717, 1.165) is 39.8 Å². The van der Waals surface area contributed by atoms with Crippen LogP contribution in [0, 0.1) is 0 Å². The number of aromatic nitrogens is 3. The molecule has 2 atom stereocenters. The summed E-state index contributed by atoms with van der Waals surface area (Å²) in [6, 6.07) is 19.3. The molecule has 1 fully saturated rings. The molecule has 1 aliphatic rings. The zero-order valence-electron chi connectivity index (χ0n) is 26.7. The molecule has 248 valence electrons. The number of hydrogen-bond acceptors (Lipinski definition) is 8. The number of amides is 1. The molecule has 12 heteroatoms. The molecule has 0 saturated carbocycles. The topological polar surface area (TPSA) is 136 Å². The molecule has 10 nitrogen and oxygen atoms in total. The first-order chi connectivity index (χ1) is 23.2. The number of hydrogen-bond donors (Lipinski definition) is 4. The van der Waals surface area contributed by atoms with E-state index in [1.54, 1.807) is 19.5 Å². The summed E-state index contributed by atoms with van der Waals surface area (Å²) in [5.74, 6) is 0.590. The minimum absolute atomic E-state index is 0.0128. The monoisotopic (exact) mass is 685 g/mol. The maximum Gasteiger partial charge on any atom is 0.262 e. The van der Waals surface area contributed by atoms with Gasteiger partial charge >= 0.3 is 0 Å². The Morgan fingerprint density at radius 3 is 2.40 bits per heavy atom. The van der Waals surface area contributed by atoms with Crippen molar-refractivity contribution in [1.29, 1.82) is 0 Å². The van der Waals surface area contributed by atoms with Gasteiger partial charge in [0, 0.05) is 90.5 Å². The predicted molar refractivity (Wildman–Crippen MR) is 190 cm³/mol. The van der Waals surface area contributed by atoms with Gasteiger partial charge in [0.1, 0.15) is 5.65 Å². The van der Waals surface area contributed by atoms with E-state index < -0.39 is 0 Å². The van der Waals surface area contributed by atoms with Crippen LogP contribution in [-0.4, -0.2) is 52.6 Å². The van der Waals surface area contributed by atoms with Gasteiger partial charge in [-0.25, -0.2) is 9.97 Å². The third-order valence-electron chi connectivity index (χ3n) is 8.36. The Morgan fingerprint density at radius 2 is 1.69 bits per heavy atom. The van der Waals surface area contributed by atoms with Gasteiger partial charge in [0.2, 0.25) is 11.8 Å². The van der Waals surface area contributed by atoms with Gasteiger partial charge in [-0.2, -0.15) is 0 Å². The van der Waals surface area contributed by atoms with Gasteiger partial charge in [-0.3, -0.25) is 14.0 Å². The number of halogens is 2. The fourth-order valence-corrected chi connectivity index (χ4v) is 6.54. The molecule has 48 heavy (non-hydrogen) atoms. The first kappa shape index (κ1) is 33.6. The number of nitrogens with one attached hydrogen (secondary N) is 3. The number of carbonyl (C=O) groups excluding carboxylic acids is 1. The van der Waals surface area contributed by atoms with Crippen molar-refractivity contribution in [2.45, 2.75) is 44.9 Å². The van der Waals surface area contributed by atoms with Gasteiger partial charge in [0.25, 0.3) is 5.56 Å². The van der Waals surface area contributed by atoms with E-state index in [2.05, 4.69) is 20.9 Å². The van der Waals surface area contributed by atoms with Crippen LogP contribution in [0.15, 0.2) is 77.9 Å². The molecular formula is C36H37Cl2N7O3. The standard InChI is InChI=1S/C36H37Cl2N7O3/c1-21(39)16-40-18-24-19-42-31-15-22(13-14-45(31)36(24)47)26-5-3-6-27(33(26)37)28-7-4-8-29(34(28)38)30-11-9-23(35(44-30)48-2)17-41-20-25-10-12-32(46)43-25/h3-9,11,13-15,19,21,25,40-41H,10,12,16-18,20,39H2,1-2H3,(H,43,46)/t21-,25+/m1/s1. The molecule has 0 radical (unpaired) electrons. The summed E-state index contributed by atoms with van der Waals surface area (Å²) < 4.78 is 7.17. The van der Waals surface area contributed by atoms with Crippen LogP contribution in [0.2, 0.25) is 10.0 Å². The molecule has 2 aromatic carbocycles. The number of pyridine rings is 2. The zero-order chi connectivity index (χ0) is 33.8. The number of benzene rings is 2. The van der Waals surface area contributed by atoms with Crippen LogP contribution >= 0.6 is 23.2 Å². The molecular weight excluding hydrogens is 649 g/mol. The largest absolute Gasteiger partial charge is 0.481 e. The Balaban J connectivity index is 1.25. The molecule has 1 aliphatic heterocycles. The average Bonchev–Trinajstić information content (AvgIpc) is 3.50. The van der Waals surface area contributed by atoms with Crippen LogP contribution in [0.25, 0.3) is 39.2 Å². The van der Waals surface area contributed by atoms with E-state index in [9.17, 15) is 9.59 Å². The molecule has 1 saturated heterocycles. The van der Waals surface area contributed by atoms with Gasteiger partial charge in [-0.1, -0.05) is 65.7 Å². The van der Waals surface area contributed by atoms with E-state index in [1.165, 1.54) is 4.40 Å². The second-order valence-corrected chi connectivity index (χ2v) is 12.7. The molecule has 0 unspecified atom stereocenters. The van der Waals surface area contributed by atoms with Crippen molar-refractivity contribution in [3.05, 3.63) is 105 Å². The Morgan fingerprint density at radius 1 is 0.979 bits per heavy atom. The number of ether oxygens (including phenoxy) is 1. The molecule has 5 N–H and O–H groups in total. The predicted octanol–water partition coefficient (Wildman–Crippen LogP) is 5.21. The summed E-state index contributed by atoms with van der Waals surface area (Å²) >= 11 is 14.1. The lowest BCUT2D eigenvalue weighted by Gasteiger charge is -2.16. The van der Waals surface area contributed by atoms with Crippen molar-refractivity contribution in [2.24, 2.45) is 5.73 Å². The van der Waals surface area contributed by atoms with Crippen molar-refractivity contribution in [2.75, 3.05) is 20.2 Å². The third-order valence-corrected chi connectivity index (χ3v) is 9.18. The second-order valence-electron chi connectivity index (χ2n) is 12.0. The number of fused-ring (bicyclic) bond motifs is 1. The lowest BCUT2D eigenvalue weighted by atomic mass is 9.97. The van der Waals surface area contributed by atoms with Gasteiger partial charge in [0.05, 0.1) is 22.8 Å². The van der Waals surface area contributed by atoms with Gasteiger partial charge in [0.15, 0.2) is 0 Å². The van der Waals surface area contributed by atoms with Crippen molar-refractivity contribution in [3.8, 4) is 39.4 Å². The van der Waals surface area contributed by atoms with Crippen LogP contribution in [0.3, 0.4) is 0 Å². The first-order valence-electron chi connectivity index (χ1n) is 15.8. The summed E-state index contributed by atoms with van der Waals surface area (Å²) in [6.45, 7) is 4.11. The molecule has 0 aliphatic carbocycles. The Labute approximate surface area is 288 Å². The molecule has 6 rings (SSSR count). The van der Waals surface area contributed by atoms with E-state index in [1.807, 2.05) is 67.6 Å². The van der Waals surface area contributed by atoms with Crippen molar-refractivity contribution < 1.29 is 9.53 Å². The normalized spacial score (nSPS) is 15.1. The number of nitrogens with two attached hydrogens (primary N) is 1. The molecule has 1 amide bonds. The van der Waals surface area contributed by atoms with Crippen molar-refractivity contribution in [1.82, 2.24) is 30.3 Å². The first-order valence-corrected chi connectivity index (χ1v) is 16.6. The fourth-order valence-electron chi connectivity index (χ4n) is 5.88. The van der Waals surface area contributed by atoms with Crippen molar-refractivity contribution in [3.63, 3.8) is 0 Å². The fraction of sp³-hybridized carbons (Fsp3) is 0.278. The summed E-state index contributed by atoms with van der Waals surface area (Å²) in [5, 5.41) is 10.6. The maximum absolute atomic E-state index is 13.1. The zero-order valence-corrected chi connectivity index (χ0v) is 28.2. The highest BCUT2D eigenvalue weighted by Gasteiger charge is 2.21. The molecule has 4 heterocycles. The number of nitrogens with zero attached hydrogens (tertiary/aromatic N) is 3. The third kappa shape index (κ3) is 7.23. The van der Waals surface area contributed by atoms with E-state index in [-0.39, 0.29) is 23.6 Å². The average molecular weight is 687 g/mol. The summed E-state index contributed by atoms with van der Waals surface area (Å²) in [5.41, 5.74) is 12.2. The Kier molecular flexibility index (Phi) is 10.4. The molecule has 0 spiro atoms. The summed E-state index contributed by atoms with van der Waals surface area (Å²) in [4.78, 5) is 33.9. The molecule has 3 aromatic heterocycles. The highest BCUT2D eigenvalue weighted by atomic mass is 35.5. The summed E-state index contributed by atoms with van der Waals surface area (Å²) in [6.07, 6.45) is 4.72. The van der Waals surface area contributed by atoms with E-state index in [4.69, 9.17) is 38.7 Å². The minimum atomic E-state index is -0.138. The lowest BCUT2D eigenvalue weighted by molar-refractivity contribution is -0.119. The van der Waals surface area contributed by atoms with E-state index >= 15 is 0 Å². The second kappa shape index (κ2) is 14.8. The molecule has 5 aromatic rings. The SMILES string of the molecule is COc1nc(-c2cccc(-c3cccc(-c4ccn5c(=O)c(CNC[C@@H](C)N)cnc5c4)c3Cl)c2Cl)ccc1CNC[C@@H]1CCC(=O)N1. The molecule has 0 bridgehead atoms. The van der Waals surface area contributed by atoms with Crippen LogP contribution in [0.4, 0.5) is 0 Å². The van der Waals surface area contributed by atoms with Gasteiger partial charge in [-0.05, 0) is 37.1 Å². The Hall–Kier alpha value is -4.32. The van der Waals surface area contributed by atoms with Crippen LogP contribution in [-0.2, 0) is 17.9 Å². The van der Waals surface area contributed by atoms with E-state index in [0.29, 0.717) is 65.4 Å². The quantitative estimate of drug-likeness (QED) is 0.141. The van der Waals surface area contributed by atoms with Gasteiger partial charge < -0.3 is 26.4 Å². The lowest BCUT2D eigenvalue weighted by Crippen LogP contribution is -2.35. The highest BCUT2D eigenvalue weighted by molar-refractivity contribution is 6.39. The maximum atomic E-state index is 13.1. The highest BCUT2D eigenvalue weighted by Crippen LogP contribution is 2.42. The number of rotatable bonds is 12. The smallest absolute Gasteiger partial charge is 0.262 e. The van der Waals surface area contributed by atoms with Gasteiger partial charge in [-0.15, -0.1) is 0 Å². The number of carbonyl (C=O) groups is 1.